The fraction of sp³-hybridized carbons (Fsp3) is 0.591. The molecule has 0 saturated heterocycles. The Morgan fingerprint density at radius 1 is 1.00 bits per heavy atom. The summed E-state index contributed by atoms with van der Waals surface area (Å²) in [5.41, 5.74) is 0. The van der Waals surface area contributed by atoms with Crippen molar-refractivity contribution in [3.05, 3.63) is 24.4 Å². The molecular formula is C22H34N4O7S2. The maximum atomic E-state index is 12.8. The van der Waals surface area contributed by atoms with Crippen molar-refractivity contribution in [2.45, 2.75) is 63.1 Å². The number of unbranched alkanes of at least 4 members (excludes halogenated alkanes) is 1. The van der Waals surface area contributed by atoms with Gasteiger partial charge in [-0.25, -0.2) is 19.4 Å². The van der Waals surface area contributed by atoms with Crippen molar-refractivity contribution in [3.63, 3.8) is 0 Å². The summed E-state index contributed by atoms with van der Waals surface area (Å²) < 4.78 is 9.92. The van der Waals surface area contributed by atoms with E-state index in [0.717, 1.165) is 11.4 Å². The van der Waals surface area contributed by atoms with Crippen LogP contribution in [0.25, 0.3) is 0 Å². The summed E-state index contributed by atoms with van der Waals surface area (Å²) in [4.78, 5) is 52.2. The highest BCUT2D eigenvalue weighted by Crippen LogP contribution is 2.29. The molecule has 1 rings (SSSR count). The van der Waals surface area contributed by atoms with Crippen LogP contribution in [0, 0.1) is 0 Å². The van der Waals surface area contributed by atoms with Gasteiger partial charge in [-0.1, -0.05) is 30.7 Å². The minimum absolute atomic E-state index is 0.0963. The smallest absolute Gasteiger partial charge is 0.407 e. The number of carboxylic acid groups (broad SMARTS) is 1. The van der Waals surface area contributed by atoms with Crippen molar-refractivity contribution in [1.82, 2.24) is 20.9 Å². The molecule has 196 valence electrons. The van der Waals surface area contributed by atoms with E-state index in [1.54, 1.807) is 18.3 Å². The number of nitrogens with one attached hydrogen (secondary N) is 3. The Hall–Kier alpha value is -2.67. The molecule has 0 fully saturated rings. The van der Waals surface area contributed by atoms with Gasteiger partial charge in [-0.05, 0) is 55.0 Å². The molecule has 1 aromatic rings. The van der Waals surface area contributed by atoms with Gasteiger partial charge in [0.1, 0.15) is 17.1 Å². The van der Waals surface area contributed by atoms with Gasteiger partial charge >= 0.3 is 18.2 Å². The number of carbonyl (C=O) groups is 4. The molecule has 4 N–H and O–H groups in total. The fourth-order valence-electron chi connectivity index (χ4n) is 2.56. The average Bonchev–Trinajstić information content (AvgIpc) is 2.85. The van der Waals surface area contributed by atoms with Crippen LogP contribution in [0.4, 0.5) is 9.59 Å². The first-order valence-electron chi connectivity index (χ1n) is 11.4. The molecule has 2 atom stereocenters. The highest BCUT2D eigenvalue weighted by Gasteiger charge is 2.27. The second kappa shape index (κ2) is 18.6. The van der Waals surface area contributed by atoms with Gasteiger partial charge in [-0.15, -0.1) is 0 Å². The minimum Gasteiger partial charge on any atom is -0.480 e. The lowest BCUT2D eigenvalue weighted by Crippen LogP contribution is -2.52. The molecule has 0 spiro atoms. The zero-order chi connectivity index (χ0) is 25.9. The number of aromatic nitrogens is 1. The molecule has 0 aliphatic rings. The molecule has 13 heteroatoms. The number of pyridine rings is 1. The third-order valence-electron chi connectivity index (χ3n) is 4.30. The van der Waals surface area contributed by atoms with E-state index in [2.05, 4.69) is 20.9 Å². The van der Waals surface area contributed by atoms with Crippen LogP contribution < -0.4 is 16.0 Å². The van der Waals surface area contributed by atoms with Crippen LogP contribution in [0.15, 0.2) is 29.4 Å². The summed E-state index contributed by atoms with van der Waals surface area (Å²) in [6, 6.07) is 3.26. The summed E-state index contributed by atoms with van der Waals surface area (Å²) in [7, 11) is 2.55. The lowest BCUT2D eigenvalue weighted by Gasteiger charge is -2.21. The zero-order valence-corrected chi connectivity index (χ0v) is 21.6. The molecule has 1 aromatic heterocycles. The monoisotopic (exact) mass is 530 g/mol. The molecule has 35 heavy (non-hydrogen) atoms. The molecule has 0 bridgehead atoms. The number of carbonyl (C=O) groups excluding carboxylic acids is 3. The minimum atomic E-state index is -1.19. The Morgan fingerprint density at radius 3 is 2.34 bits per heavy atom. The van der Waals surface area contributed by atoms with E-state index in [4.69, 9.17) is 9.47 Å². The van der Waals surface area contributed by atoms with Crippen LogP contribution in [0.3, 0.4) is 0 Å². The Balaban J connectivity index is 2.60. The van der Waals surface area contributed by atoms with Crippen LogP contribution in [0.2, 0.25) is 0 Å². The van der Waals surface area contributed by atoms with Crippen molar-refractivity contribution in [1.29, 1.82) is 0 Å². The number of aliphatic carboxylic acids is 1. The van der Waals surface area contributed by atoms with E-state index in [1.165, 1.54) is 21.6 Å². The van der Waals surface area contributed by atoms with Crippen LogP contribution in [0.1, 0.15) is 46.0 Å². The number of amides is 3. The second-order valence-electron chi connectivity index (χ2n) is 7.33. The molecule has 1 heterocycles. The van der Waals surface area contributed by atoms with Gasteiger partial charge < -0.3 is 30.5 Å². The number of rotatable bonds is 17. The van der Waals surface area contributed by atoms with Gasteiger partial charge in [0.15, 0.2) is 0 Å². The van der Waals surface area contributed by atoms with E-state index >= 15 is 0 Å². The number of hydrogen-bond donors (Lipinski definition) is 4. The van der Waals surface area contributed by atoms with Crippen LogP contribution in [0.5, 0.6) is 0 Å². The molecule has 0 saturated carbocycles. The molecule has 0 aliphatic carbocycles. The summed E-state index contributed by atoms with van der Waals surface area (Å²) in [6.07, 6.45) is 2.99. The molecular weight excluding hydrogens is 496 g/mol. The standard InChI is InChI=1S/C22H34N4O7S2/c1-3-13-32-21(30)24-12-7-5-9-16(26-22(31)33-14-4-2)19(27)25-17(20(28)29)15-34-35-18-10-6-8-11-23-18/h6,8,10-11,16-17H,3-5,7,9,12-15H2,1-2H3,(H,24,30)(H,25,27)(H,26,31)(H,28,29). The lowest BCUT2D eigenvalue weighted by molar-refractivity contribution is -0.141. The van der Waals surface area contributed by atoms with Gasteiger partial charge in [-0.2, -0.15) is 0 Å². The number of alkyl carbamates (subject to hydrolysis) is 2. The first-order valence-corrected chi connectivity index (χ1v) is 13.8. The molecule has 0 radical (unpaired) electrons. The predicted molar refractivity (Wildman–Crippen MR) is 134 cm³/mol. The SMILES string of the molecule is CCCOC(=O)NCCCCC(NC(=O)OCCC)C(=O)NC(CSSc1ccccn1)C(=O)O. The van der Waals surface area contributed by atoms with Crippen LogP contribution >= 0.6 is 21.6 Å². The third-order valence-corrected chi connectivity index (χ3v) is 6.58. The maximum absolute atomic E-state index is 12.8. The highest BCUT2D eigenvalue weighted by atomic mass is 33.1. The first kappa shape index (κ1) is 30.4. The van der Waals surface area contributed by atoms with Gasteiger partial charge in [0.05, 0.1) is 13.2 Å². The van der Waals surface area contributed by atoms with Crippen molar-refractivity contribution in [2.24, 2.45) is 0 Å². The van der Waals surface area contributed by atoms with Crippen LogP contribution in [-0.2, 0) is 19.1 Å². The van der Waals surface area contributed by atoms with Crippen molar-refractivity contribution in [3.8, 4) is 0 Å². The molecule has 3 amide bonds. The lowest BCUT2D eigenvalue weighted by atomic mass is 10.1. The quantitative estimate of drug-likeness (QED) is 0.174. The number of hydrogen-bond acceptors (Lipinski definition) is 9. The predicted octanol–water partition coefficient (Wildman–Crippen LogP) is 3.20. The average molecular weight is 531 g/mol. The van der Waals surface area contributed by atoms with E-state index in [9.17, 15) is 24.3 Å². The van der Waals surface area contributed by atoms with Crippen LogP contribution in [-0.4, -0.2) is 71.7 Å². The van der Waals surface area contributed by atoms with Crippen molar-refractivity contribution < 1.29 is 33.8 Å². The van der Waals surface area contributed by atoms with E-state index in [1.807, 2.05) is 19.9 Å². The summed E-state index contributed by atoms with van der Waals surface area (Å²) in [6.45, 7) is 4.61. The normalized spacial score (nSPS) is 12.2. The Kier molecular flexibility index (Phi) is 16.2. The van der Waals surface area contributed by atoms with E-state index in [0.29, 0.717) is 32.4 Å². The number of ether oxygens (including phenoxy) is 2. The Labute approximate surface area is 213 Å². The van der Waals surface area contributed by atoms with Gasteiger partial charge in [0.2, 0.25) is 5.91 Å². The molecule has 11 nitrogen and oxygen atoms in total. The van der Waals surface area contributed by atoms with Gasteiger partial charge in [0.25, 0.3) is 0 Å². The highest BCUT2D eigenvalue weighted by molar-refractivity contribution is 8.76. The zero-order valence-electron chi connectivity index (χ0n) is 20.0. The fourth-order valence-corrected chi connectivity index (χ4v) is 4.62. The van der Waals surface area contributed by atoms with Crippen molar-refractivity contribution in [2.75, 3.05) is 25.5 Å². The molecule has 0 aromatic carbocycles. The Bertz CT molecular complexity index is 786. The second-order valence-corrected chi connectivity index (χ2v) is 9.69. The number of carboxylic acids is 1. The molecule has 0 aliphatic heterocycles. The largest absolute Gasteiger partial charge is 0.480 e. The van der Waals surface area contributed by atoms with E-state index in [-0.39, 0.29) is 18.8 Å². The summed E-state index contributed by atoms with van der Waals surface area (Å²) >= 11 is 0. The van der Waals surface area contributed by atoms with E-state index < -0.39 is 36.1 Å². The molecule has 2 unspecified atom stereocenters. The third kappa shape index (κ3) is 14.4. The Morgan fingerprint density at radius 2 is 1.71 bits per heavy atom. The summed E-state index contributed by atoms with van der Waals surface area (Å²) in [5.74, 6) is -1.71. The number of nitrogens with zero attached hydrogens (tertiary/aromatic N) is 1. The topological polar surface area (TPSA) is 156 Å². The van der Waals surface area contributed by atoms with Gasteiger partial charge in [-0.3, -0.25) is 4.79 Å². The first-order chi connectivity index (χ1) is 16.9. The maximum Gasteiger partial charge on any atom is 0.407 e. The summed E-state index contributed by atoms with van der Waals surface area (Å²) in [5, 5.41) is 17.9. The van der Waals surface area contributed by atoms with Crippen molar-refractivity contribution >= 4 is 45.7 Å². The van der Waals surface area contributed by atoms with Gasteiger partial charge in [0, 0.05) is 18.5 Å².